The zero-order valence-electron chi connectivity index (χ0n) is 12.8. The molecule has 8 heteroatoms. The molecule has 1 spiro atoms. The lowest BCUT2D eigenvalue weighted by Crippen LogP contribution is -2.63. The van der Waals surface area contributed by atoms with E-state index >= 15 is 0 Å². The van der Waals surface area contributed by atoms with Crippen molar-refractivity contribution in [3.05, 3.63) is 18.7 Å². The second kappa shape index (κ2) is 5.25. The first-order valence-corrected chi connectivity index (χ1v) is 9.42. The van der Waals surface area contributed by atoms with Gasteiger partial charge in [-0.05, 0) is 38.0 Å². The van der Waals surface area contributed by atoms with Crippen molar-refractivity contribution in [2.45, 2.75) is 42.5 Å². The van der Waals surface area contributed by atoms with Gasteiger partial charge in [0.15, 0.2) is 0 Å². The maximum Gasteiger partial charge on any atom is 0.245 e. The Bertz CT molecular complexity index is 824. The minimum Gasteiger partial charge on any atom is -0.396 e. The van der Waals surface area contributed by atoms with Crippen LogP contribution >= 0.6 is 0 Å². The lowest BCUT2D eigenvalue weighted by Gasteiger charge is -2.54. The number of rotatable bonds is 3. The first-order valence-electron chi connectivity index (χ1n) is 7.98. The summed E-state index contributed by atoms with van der Waals surface area (Å²) in [5.41, 5.74) is 0.279. The number of H-pyrrole nitrogens is 1. The van der Waals surface area contributed by atoms with E-state index in [0.29, 0.717) is 23.5 Å². The third-order valence-corrected chi connectivity index (χ3v) is 7.53. The first-order chi connectivity index (χ1) is 11.1. The Morgan fingerprint density at radius 2 is 2.13 bits per heavy atom. The van der Waals surface area contributed by atoms with Gasteiger partial charge < -0.3 is 10.1 Å². The maximum absolute atomic E-state index is 13.1. The summed E-state index contributed by atoms with van der Waals surface area (Å²) in [6, 6.07) is 0. The van der Waals surface area contributed by atoms with E-state index in [1.54, 1.807) is 10.5 Å². The van der Waals surface area contributed by atoms with Gasteiger partial charge in [-0.15, -0.1) is 0 Å². The molecule has 0 atom stereocenters. The number of aromatic amines is 1. The van der Waals surface area contributed by atoms with Crippen molar-refractivity contribution in [2.24, 2.45) is 5.92 Å². The standard InChI is InChI=1S/C15H20N4O3S/c20-9-11-1-3-15(4-2-11)5-6-19(15)23(21,22)13-8-17-14-12(13)7-16-10-18-14/h7-8,10-11,20H,1-6,9H2,(H,16,17,18). The summed E-state index contributed by atoms with van der Waals surface area (Å²) in [6.45, 7) is 0.759. The molecule has 0 amide bonds. The van der Waals surface area contributed by atoms with Crippen LogP contribution in [-0.4, -0.2) is 51.5 Å². The maximum atomic E-state index is 13.1. The zero-order valence-corrected chi connectivity index (χ0v) is 13.6. The summed E-state index contributed by atoms with van der Waals surface area (Å²) in [7, 11) is -3.56. The number of aliphatic hydroxyl groups is 1. The van der Waals surface area contributed by atoms with Crippen LogP contribution in [0.15, 0.2) is 23.6 Å². The molecule has 1 aliphatic carbocycles. The van der Waals surface area contributed by atoms with Gasteiger partial charge in [0.05, 0.1) is 5.39 Å². The smallest absolute Gasteiger partial charge is 0.245 e. The van der Waals surface area contributed by atoms with Gasteiger partial charge in [0, 0.05) is 31.1 Å². The molecule has 2 aromatic rings. The highest BCUT2D eigenvalue weighted by atomic mass is 32.2. The van der Waals surface area contributed by atoms with E-state index in [1.807, 2.05) is 0 Å². The van der Waals surface area contributed by atoms with Gasteiger partial charge in [-0.3, -0.25) is 0 Å². The molecule has 2 fully saturated rings. The summed E-state index contributed by atoms with van der Waals surface area (Å²) < 4.78 is 27.9. The lowest BCUT2D eigenvalue weighted by molar-refractivity contribution is 0.00968. The summed E-state index contributed by atoms with van der Waals surface area (Å²) in [5.74, 6) is 0.312. The van der Waals surface area contributed by atoms with Gasteiger partial charge in [-0.1, -0.05) is 0 Å². The monoisotopic (exact) mass is 336 g/mol. The minimum atomic E-state index is -3.56. The summed E-state index contributed by atoms with van der Waals surface area (Å²) in [5, 5.41) is 9.84. The molecule has 1 saturated carbocycles. The van der Waals surface area contributed by atoms with E-state index in [-0.39, 0.29) is 17.0 Å². The Labute approximate surface area is 134 Å². The number of hydrogen-bond acceptors (Lipinski definition) is 5. The molecule has 2 aliphatic rings. The highest BCUT2D eigenvalue weighted by Crippen LogP contribution is 2.47. The molecule has 0 aromatic carbocycles. The number of aliphatic hydroxyl groups excluding tert-OH is 1. The van der Waals surface area contributed by atoms with Crippen molar-refractivity contribution in [1.29, 1.82) is 0 Å². The molecule has 0 radical (unpaired) electrons. The molecule has 1 aliphatic heterocycles. The minimum absolute atomic E-state index is 0.197. The lowest BCUT2D eigenvalue weighted by atomic mass is 9.71. The number of fused-ring (bicyclic) bond motifs is 1. The molecule has 1 saturated heterocycles. The Balaban J connectivity index is 1.67. The molecule has 4 rings (SSSR count). The fourth-order valence-corrected chi connectivity index (χ4v) is 5.95. The van der Waals surface area contributed by atoms with Crippen LogP contribution in [0.2, 0.25) is 0 Å². The van der Waals surface area contributed by atoms with Crippen molar-refractivity contribution in [1.82, 2.24) is 19.3 Å². The molecular weight excluding hydrogens is 316 g/mol. The van der Waals surface area contributed by atoms with Crippen LogP contribution in [0.1, 0.15) is 32.1 Å². The number of hydrogen-bond donors (Lipinski definition) is 2. The van der Waals surface area contributed by atoms with Crippen LogP contribution in [0.25, 0.3) is 11.0 Å². The largest absolute Gasteiger partial charge is 0.396 e. The van der Waals surface area contributed by atoms with Crippen LogP contribution in [0.3, 0.4) is 0 Å². The van der Waals surface area contributed by atoms with E-state index in [9.17, 15) is 13.5 Å². The van der Waals surface area contributed by atoms with Gasteiger partial charge >= 0.3 is 0 Å². The van der Waals surface area contributed by atoms with Crippen molar-refractivity contribution in [3.8, 4) is 0 Å². The average molecular weight is 336 g/mol. The predicted octanol–water partition coefficient (Wildman–Crippen LogP) is 1.27. The normalized spacial score (nSPS) is 29.0. The van der Waals surface area contributed by atoms with Gasteiger partial charge in [0.2, 0.25) is 10.0 Å². The van der Waals surface area contributed by atoms with Crippen LogP contribution in [-0.2, 0) is 10.0 Å². The van der Waals surface area contributed by atoms with Crippen molar-refractivity contribution < 1.29 is 13.5 Å². The molecule has 2 aromatic heterocycles. The Morgan fingerprint density at radius 1 is 1.35 bits per heavy atom. The molecule has 23 heavy (non-hydrogen) atoms. The van der Waals surface area contributed by atoms with E-state index in [0.717, 1.165) is 32.1 Å². The summed E-state index contributed by atoms with van der Waals surface area (Å²) in [6.07, 6.45) is 8.80. The SMILES string of the molecule is O=S(=O)(c1c[nH]c2ncncc12)N1CCC12CCC(CO)CC2. The highest BCUT2D eigenvalue weighted by Gasteiger charge is 2.52. The predicted molar refractivity (Wildman–Crippen MR) is 84.2 cm³/mol. The van der Waals surface area contributed by atoms with E-state index in [2.05, 4.69) is 15.0 Å². The van der Waals surface area contributed by atoms with Crippen molar-refractivity contribution >= 4 is 21.1 Å². The topological polar surface area (TPSA) is 99.2 Å². The van der Waals surface area contributed by atoms with Crippen LogP contribution in [0.5, 0.6) is 0 Å². The van der Waals surface area contributed by atoms with Crippen molar-refractivity contribution in [3.63, 3.8) is 0 Å². The summed E-state index contributed by atoms with van der Waals surface area (Å²) in [4.78, 5) is 11.2. The fourth-order valence-electron chi connectivity index (χ4n) is 3.96. The quantitative estimate of drug-likeness (QED) is 0.879. The second-order valence-corrected chi connectivity index (χ2v) is 8.45. The molecule has 2 N–H and O–H groups in total. The zero-order chi connectivity index (χ0) is 16.1. The number of sulfonamides is 1. The van der Waals surface area contributed by atoms with Gasteiger partial charge in [0.1, 0.15) is 16.9 Å². The third kappa shape index (κ3) is 2.20. The molecular formula is C15H20N4O3S. The fraction of sp³-hybridized carbons (Fsp3) is 0.600. The number of nitrogens with zero attached hydrogens (tertiary/aromatic N) is 3. The van der Waals surface area contributed by atoms with Crippen LogP contribution < -0.4 is 0 Å². The highest BCUT2D eigenvalue weighted by molar-refractivity contribution is 7.89. The van der Waals surface area contributed by atoms with Gasteiger partial charge in [-0.25, -0.2) is 18.4 Å². The number of nitrogens with one attached hydrogen (secondary N) is 1. The van der Waals surface area contributed by atoms with Gasteiger partial charge in [-0.2, -0.15) is 4.31 Å². The van der Waals surface area contributed by atoms with Crippen LogP contribution in [0.4, 0.5) is 0 Å². The van der Waals surface area contributed by atoms with Gasteiger partial charge in [0.25, 0.3) is 0 Å². The average Bonchev–Trinajstić information content (AvgIpc) is 2.98. The van der Waals surface area contributed by atoms with E-state index in [1.165, 1.54) is 12.5 Å². The molecule has 7 nitrogen and oxygen atoms in total. The summed E-state index contributed by atoms with van der Waals surface area (Å²) >= 11 is 0. The Kier molecular flexibility index (Phi) is 3.44. The molecule has 0 unspecified atom stereocenters. The second-order valence-electron chi connectivity index (χ2n) is 6.62. The van der Waals surface area contributed by atoms with Crippen LogP contribution in [0, 0.1) is 5.92 Å². The molecule has 3 heterocycles. The molecule has 124 valence electrons. The van der Waals surface area contributed by atoms with E-state index < -0.39 is 10.0 Å². The van der Waals surface area contributed by atoms with E-state index in [4.69, 9.17) is 0 Å². The van der Waals surface area contributed by atoms with Crippen molar-refractivity contribution in [2.75, 3.05) is 13.2 Å². The Morgan fingerprint density at radius 3 is 2.78 bits per heavy atom. The third-order valence-electron chi connectivity index (χ3n) is 5.49. The Hall–Kier alpha value is -1.51. The molecule has 0 bridgehead atoms. The number of aromatic nitrogens is 3. The first kappa shape index (κ1) is 15.0.